The van der Waals surface area contributed by atoms with Gasteiger partial charge in [-0.2, -0.15) is 5.10 Å². The van der Waals surface area contributed by atoms with E-state index in [0.29, 0.717) is 0 Å². The van der Waals surface area contributed by atoms with E-state index >= 15 is 0 Å². The Labute approximate surface area is 122 Å². The van der Waals surface area contributed by atoms with Crippen LogP contribution in [0.3, 0.4) is 0 Å². The summed E-state index contributed by atoms with van der Waals surface area (Å²) < 4.78 is 7.72. The third-order valence-electron chi connectivity index (χ3n) is 4.39. The fraction of sp³-hybridized carbons (Fsp3) is 0.400. The molecule has 0 unspecified atom stereocenters. The van der Waals surface area contributed by atoms with Crippen LogP contribution >= 0.6 is 0 Å². The second kappa shape index (κ2) is 4.66. The van der Waals surface area contributed by atoms with Crippen molar-refractivity contribution < 1.29 is 4.74 Å². The molecule has 0 aromatic carbocycles. The molecule has 0 bridgehead atoms. The number of rotatable bonds is 3. The average molecular weight is 283 g/mol. The summed E-state index contributed by atoms with van der Waals surface area (Å²) in [6, 6.07) is 1.99. The number of H-pyrrole nitrogens is 1. The molecule has 1 fully saturated rings. The highest BCUT2D eigenvalue weighted by Gasteiger charge is 2.36. The zero-order valence-electron chi connectivity index (χ0n) is 11.9. The third-order valence-corrected chi connectivity index (χ3v) is 4.39. The minimum atomic E-state index is -0.289. The molecule has 3 aromatic rings. The largest absolute Gasteiger partial charge is 0.357 e. The first kappa shape index (κ1) is 12.5. The maximum Gasteiger partial charge on any atom is 0.160 e. The maximum absolute atomic E-state index is 5.77. The van der Waals surface area contributed by atoms with Gasteiger partial charge in [0, 0.05) is 30.5 Å². The molecule has 3 heterocycles. The molecule has 0 amide bonds. The van der Waals surface area contributed by atoms with Crippen molar-refractivity contribution >= 4 is 11.0 Å². The van der Waals surface area contributed by atoms with Crippen molar-refractivity contribution in [3.8, 4) is 11.3 Å². The Morgan fingerprint density at radius 3 is 2.95 bits per heavy atom. The highest BCUT2D eigenvalue weighted by Crippen LogP contribution is 2.37. The standard InChI is InChI=1S/C15H17N5O/c1-21-15(5-2-3-6-15)20-9-11(8-19-20)13-12-4-7-16-14(12)18-10-17-13/h4,7-10H,2-3,5-6H2,1H3,(H,16,17,18). The van der Waals surface area contributed by atoms with Crippen molar-refractivity contribution in [3.63, 3.8) is 0 Å². The average Bonchev–Trinajstić information content (AvgIpc) is 3.25. The summed E-state index contributed by atoms with van der Waals surface area (Å²) in [4.78, 5) is 11.7. The van der Waals surface area contributed by atoms with Crippen molar-refractivity contribution in [1.82, 2.24) is 24.7 Å². The van der Waals surface area contributed by atoms with Crippen LogP contribution in [0, 0.1) is 0 Å². The molecule has 0 aliphatic heterocycles. The Bertz CT molecular complexity index is 769. The van der Waals surface area contributed by atoms with E-state index < -0.39 is 0 Å². The van der Waals surface area contributed by atoms with Crippen molar-refractivity contribution in [2.75, 3.05) is 7.11 Å². The van der Waals surface area contributed by atoms with Gasteiger partial charge in [0.25, 0.3) is 0 Å². The number of aromatic amines is 1. The van der Waals surface area contributed by atoms with Gasteiger partial charge in [-0.05, 0) is 31.7 Å². The number of ether oxygens (including phenoxy) is 1. The smallest absolute Gasteiger partial charge is 0.160 e. The summed E-state index contributed by atoms with van der Waals surface area (Å²) in [5.74, 6) is 0. The van der Waals surface area contributed by atoms with Crippen molar-refractivity contribution in [1.29, 1.82) is 0 Å². The number of nitrogens with one attached hydrogen (secondary N) is 1. The highest BCUT2D eigenvalue weighted by molar-refractivity contribution is 5.89. The number of methoxy groups -OCH3 is 1. The van der Waals surface area contributed by atoms with E-state index in [9.17, 15) is 0 Å². The summed E-state index contributed by atoms with van der Waals surface area (Å²) in [7, 11) is 1.77. The van der Waals surface area contributed by atoms with Gasteiger partial charge >= 0.3 is 0 Å². The lowest BCUT2D eigenvalue weighted by Gasteiger charge is -2.27. The number of hydrogen-bond donors (Lipinski definition) is 1. The van der Waals surface area contributed by atoms with E-state index in [1.54, 1.807) is 13.4 Å². The van der Waals surface area contributed by atoms with E-state index in [0.717, 1.165) is 35.1 Å². The molecule has 0 atom stereocenters. The SMILES string of the molecule is COC1(n2cc(-c3ncnc4[nH]ccc34)cn2)CCCC1. The summed E-state index contributed by atoms with van der Waals surface area (Å²) in [5.41, 5.74) is 2.44. The lowest BCUT2D eigenvalue weighted by Crippen LogP contribution is -2.32. The van der Waals surface area contributed by atoms with E-state index in [2.05, 4.69) is 20.1 Å². The molecule has 21 heavy (non-hydrogen) atoms. The van der Waals surface area contributed by atoms with Crippen LogP contribution in [-0.4, -0.2) is 31.8 Å². The predicted molar refractivity (Wildman–Crippen MR) is 78.6 cm³/mol. The van der Waals surface area contributed by atoms with E-state index in [-0.39, 0.29) is 5.72 Å². The Hall–Kier alpha value is -2.21. The molecule has 6 heteroatoms. The van der Waals surface area contributed by atoms with Crippen LogP contribution in [-0.2, 0) is 10.5 Å². The van der Waals surface area contributed by atoms with Crippen LogP contribution < -0.4 is 0 Å². The van der Waals surface area contributed by atoms with Gasteiger partial charge in [0.1, 0.15) is 12.0 Å². The maximum atomic E-state index is 5.77. The zero-order valence-corrected chi connectivity index (χ0v) is 11.9. The van der Waals surface area contributed by atoms with Crippen LogP contribution in [0.25, 0.3) is 22.3 Å². The van der Waals surface area contributed by atoms with Gasteiger partial charge in [-0.25, -0.2) is 14.6 Å². The minimum absolute atomic E-state index is 0.289. The molecule has 0 radical (unpaired) electrons. The van der Waals surface area contributed by atoms with Gasteiger partial charge in [0.05, 0.1) is 11.9 Å². The molecule has 108 valence electrons. The topological polar surface area (TPSA) is 68.6 Å². The third kappa shape index (κ3) is 1.86. The van der Waals surface area contributed by atoms with E-state index in [1.807, 2.05) is 29.3 Å². The number of aromatic nitrogens is 5. The van der Waals surface area contributed by atoms with Crippen LogP contribution in [0.1, 0.15) is 25.7 Å². The quantitative estimate of drug-likeness (QED) is 0.802. The fourth-order valence-electron chi connectivity index (χ4n) is 3.22. The van der Waals surface area contributed by atoms with Gasteiger partial charge < -0.3 is 9.72 Å². The number of fused-ring (bicyclic) bond motifs is 1. The van der Waals surface area contributed by atoms with Crippen LogP contribution in [0.2, 0.25) is 0 Å². The highest BCUT2D eigenvalue weighted by atomic mass is 16.5. The molecule has 4 rings (SSSR count). The molecule has 6 nitrogen and oxygen atoms in total. The summed E-state index contributed by atoms with van der Waals surface area (Å²) in [6.45, 7) is 0. The minimum Gasteiger partial charge on any atom is -0.357 e. The number of hydrogen-bond acceptors (Lipinski definition) is 4. The summed E-state index contributed by atoms with van der Waals surface area (Å²) in [6.07, 6.45) is 11.7. The second-order valence-electron chi connectivity index (χ2n) is 5.49. The first-order valence-electron chi connectivity index (χ1n) is 7.21. The van der Waals surface area contributed by atoms with Crippen molar-refractivity contribution in [2.45, 2.75) is 31.4 Å². The summed E-state index contributed by atoms with van der Waals surface area (Å²) >= 11 is 0. The molecule has 0 saturated heterocycles. The lowest BCUT2D eigenvalue weighted by molar-refractivity contribution is -0.0819. The van der Waals surface area contributed by atoms with Gasteiger partial charge in [-0.3, -0.25) is 0 Å². The predicted octanol–water partition coefficient (Wildman–Crippen LogP) is 2.69. The Kier molecular flexibility index (Phi) is 2.78. The van der Waals surface area contributed by atoms with Gasteiger partial charge in [0.15, 0.2) is 5.72 Å². The normalized spacial score (nSPS) is 17.6. The molecule has 1 aliphatic rings. The monoisotopic (exact) mass is 283 g/mol. The van der Waals surface area contributed by atoms with Crippen molar-refractivity contribution in [3.05, 3.63) is 31.0 Å². The van der Waals surface area contributed by atoms with Crippen LogP contribution in [0.5, 0.6) is 0 Å². The Morgan fingerprint density at radius 2 is 2.14 bits per heavy atom. The molecule has 3 aromatic heterocycles. The van der Waals surface area contributed by atoms with Crippen LogP contribution in [0.4, 0.5) is 0 Å². The summed E-state index contributed by atoms with van der Waals surface area (Å²) in [5, 5.41) is 5.54. The van der Waals surface area contributed by atoms with Gasteiger partial charge in [0.2, 0.25) is 0 Å². The van der Waals surface area contributed by atoms with Crippen molar-refractivity contribution in [2.24, 2.45) is 0 Å². The first-order chi connectivity index (χ1) is 10.3. The second-order valence-corrected chi connectivity index (χ2v) is 5.49. The Balaban J connectivity index is 1.79. The molecular weight excluding hydrogens is 266 g/mol. The molecule has 1 aliphatic carbocycles. The van der Waals surface area contributed by atoms with E-state index in [1.165, 1.54) is 12.8 Å². The van der Waals surface area contributed by atoms with Gasteiger partial charge in [-0.15, -0.1) is 0 Å². The molecular formula is C15H17N5O. The fourth-order valence-corrected chi connectivity index (χ4v) is 3.22. The zero-order chi connectivity index (χ0) is 14.3. The van der Waals surface area contributed by atoms with E-state index in [4.69, 9.17) is 4.74 Å². The molecule has 0 spiro atoms. The molecule has 1 N–H and O–H groups in total. The van der Waals surface area contributed by atoms with Gasteiger partial charge in [-0.1, -0.05) is 0 Å². The number of nitrogens with zero attached hydrogens (tertiary/aromatic N) is 4. The van der Waals surface area contributed by atoms with Crippen LogP contribution in [0.15, 0.2) is 31.0 Å². The first-order valence-corrected chi connectivity index (χ1v) is 7.21. The lowest BCUT2D eigenvalue weighted by atomic mass is 10.1. The molecule has 1 saturated carbocycles. The Morgan fingerprint density at radius 1 is 1.29 bits per heavy atom.